The monoisotopic (exact) mass is 512 g/mol. The molecule has 0 unspecified atom stereocenters. The van der Waals surface area contributed by atoms with Gasteiger partial charge in [0.2, 0.25) is 0 Å². The lowest BCUT2D eigenvalue weighted by Crippen LogP contribution is -2.23. The van der Waals surface area contributed by atoms with Gasteiger partial charge in [-0.3, -0.25) is 9.97 Å². The van der Waals surface area contributed by atoms with Gasteiger partial charge in [-0.1, -0.05) is 60.2 Å². The lowest BCUT2D eigenvalue weighted by molar-refractivity contribution is -0.141. The fourth-order valence-corrected chi connectivity index (χ4v) is 4.44. The Morgan fingerprint density at radius 3 is 2.39 bits per heavy atom. The molecule has 0 aliphatic rings. The summed E-state index contributed by atoms with van der Waals surface area (Å²) in [4.78, 5) is 21.4. The summed E-state index contributed by atoms with van der Waals surface area (Å²) < 4.78 is 41.1. The lowest BCUT2D eigenvalue weighted by Gasteiger charge is -2.12. The molecule has 0 radical (unpaired) electrons. The molecule has 0 N–H and O–H groups in total. The standard InChI is InChI=1S/C28H19F3N6O/c1-17-7-10-19(11-8-17)22-15-34-37-26(24(22)21-6-2-4-20-5-3-13-32-25(20)21)35-36(27(37)38)16-18-9-12-23(33-14-18)28(29,30)31/h2-15H,16H2,1H3. The highest BCUT2D eigenvalue weighted by atomic mass is 19.4. The number of fused-ring (bicyclic) bond motifs is 2. The summed E-state index contributed by atoms with van der Waals surface area (Å²) in [6, 6.07) is 19.7. The topological polar surface area (TPSA) is 78.0 Å². The number of para-hydroxylation sites is 1. The molecule has 6 rings (SSSR count). The molecule has 6 aromatic rings. The Morgan fingerprint density at radius 2 is 1.66 bits per heavy atom. The molecule has 0 bridgehead atoms. The Morgan fingerprint density at radius 1 is 0.868 bits per heavy atom. The van der Waals surface area contributed by atoms with Crippen molar-refractivity contribution in [1.29, 1.82) is 0 Å². The number of alkyl halides is 3. The van der Waals surface area contributed by atoms with Gasteiger partial charge in [-0.25, -0.2) is 9.48 Å². The molecular formula is C28H19F3N6O. The summed E-state index contributed by atoms with van der Waals surface area (Å²) in [5, 5.41) is 9.91. The van der Waals surface area contributed by atoms with Gasteiger partial charge in [0.1, 0.15) is 5.69 Å². The predicted octanol–water partition coefficient (Wildman–Crippen LogP) is 5.54. The molecule has 38 heavy (non-hydrogen) atoms. The lowest BCUT2D eigenvalue weighted by atomic mass is 9.95. The molecule has 10 heteroatoms. The van der Waals surface area contributed by atoms with Crippen LogP contribution in [0.5, 0.6) is 0 Å². The fraction of sp³-hybridized carbons (Fsp3) is 0.107. The zero-order valence-corrected chi connectivity index (χ0v) is 20.0. The Kier molecular flexibility index (Phi) is 5.52. The van der Waals surface area contributed by atoms with Gasteiger partial charge in [-0.05, 0) is 30.2 Å². The molecule has 4 heterocycles. The molecule has 0 saturated carbocycles. The normalized spacial score (nSPS) is 11.9. The quantitative estimate of drug-likeness (QED) is 0.310. The van der Waals surface area contributed by atoms with E-state index < -0.39 is 17.6 Å². The number of benzene rings is 2. The number of nitrogens with zero attached hydrogens (tertiary/aromatic N) is 6. The number of rotatable bonds is 4. The number of hydrogen-bond acceptors (Lipinski definition) is 5. The summed E-state index contributed by atoms with van der Waals surface area (Å²) in [6.07, 6.45) is -0.115. The van der Waals surface area contributed by atoms with Crippen LogP contribution >= 0.6 is 0 Å². The minimum Gasteiger partial charge on any atom is -0.256 e. The van der Waals surface area contributed by atoms with Gasteiger partial charge in [0.15, 0.2) is 5.65 Å². The van der Waals surface area contributed by atoms with E-state index in [1.54, 1.807) is 12.4 Å². The second kappa shape index (κ2) is 8.91. The summed E-state index contributed by atoms with van der Waals surface area (Å²) in [7, 11) is 0. The van der Waals surface area contributed by atoms with Gasteiger partial charge in [-0.15, -0.1) is 5.10 Å². The highest BCUT2D eigenvalue weighted by molar-refractivity contribution is 6.02. The first-order chi connectivity index (χ1) is 18.3. The summed E-state index contributed by atoms with van der Waals surface area (Å²) in [5.74, 6) is 0. The molecule has 0 amide bonds. The minimum absolute atomic E-state index is 0.0690. The van der Waals surface area contributed by atoms with Crippen LogP contribution < -0.4 is 5.69 Å². The molecule has 0 spiro atoms. The van der Waals surface area contributed by atoms with Crippen LogP contribution in [-0.2, 0) is 12.7 Å². The van der Waals surface area contributed by atoms with Crippen molar-refractivity contribution in [2.75, 3.05) is 0 Å². The van der Waals surface area contributed by atoms with Gasteiger partial charge >= 0.3 is 11.9 Å². The van der Waals surface area contributed by atoms with E-state index in [9.17, 15) is 18.0 Å². The first-order valence-corrected chi connectivity index (χ1v) is 11.7. The molecule has 4 aromatic heterocycles. The maximum Gasteiger partial charge on any atom is 0.433 e. The number of aryl methyl sites for hydroxylation is 1. The third-order valence-corrected chi connectivity index (χ3v) is 6.33. The van der Waals surface area contributed by atoms with E-state index in [0.717, 1.165) is 45.4 Å². The van der Waals surface area contributed by atoms with Crippen molar-refractivity contribution in [3.8, 4) is 22.3 Å². The highest BCUT2D eigenvalue weighted by Crippen LogP contribution is 2.37. The molecule has 0 aliphatic carbocycles. The van der Waals surface area contributed by atoms with Crippen LogP contribution in [0.25, 0.3) is 38.8 Å². The highest BCUT2D eigenvalue weighted by Gasteiger charge is 2.32. The van der Waals surface area contributed by atoms with Crippen molar-refractivity contribution in [1.82, 2.24) is 29.4 Å². The molecule has 7 nitrogen and oxygen atoms in total. The Balaban J connectivity index is 1.56. The van der Waals surface area contributed by atoms with Crippen molar-refractivity contribution in [2.24, 2.45) is 0 Å². The van der Waals surface area contributed by atoms with Crippen LogP contribution in [0.1, 0.15) is 16.8 Å². The van der Waals surface area contributed by atoms with E-state index in [1.165, 1.54) is 15.3 Å². The van der Waals surface area contributed by atoms with Gasteiger partial charge in [0.05, 0.1) is 18.3 Å². The van der Waals surface area contributed by atoms with Gasteiger partial charge in [-0.2, -0.15) is 22.8 Å². The summed E-state index contributed by atoms with van der Waals surface area (Å²) >= 11 is 0. The van der Waals surface area contributed by atoms with Crippen LogP contribution in [0.2, 0.25) is 0 Å². The first-order valence-electron chi connectivity index (χ1n) is 11.7. The maximum atomic E-state index is 13.3. The number of hydrogen-bond donors (Lipinski definition) is 0. The van der Waals surface area contributed by atoms with E-state index in [2.05, 4.69) is 20.2 Å². The Bertz CT molecular complexity index is 1850. The van der Waals surface area contributed by atoms with E-state index in [0.29, 0.717) is 16.8 Å². The summed E-state index contributed by atoms with van der Waals surface area (Å²) in [6.45, 7) is 1.93. The number of halogens is 3. The van der Waals surface area contributed by atoms with Gasteiger partial charge in [0, 0.05) is 34.5 Å². The molecule has 188 valence electrons. The first kappa shape index (κ1) is 23.5. The van der Waals surface area contributed by atoms with Crippen molar-refractivity contribution >= 4 is 16.6 Å². The second-order valence-corrected chi connectivity index (χ2v) is 8.91. The van der Waals surface area contributed by atoms with E-state index in [-0.39, 0.29) is 6.54 Å². The zero-order chi connectivity index (χ0) is 26.4. The number of pyridine rings is 2. The molecule has 2 aromatic carbocycles. The van der Waals surface area contributed by atoms with Gasteiger partial charge in [0.25, 0.3) is 0 Å². The van der Waals surface area contributed by atoms with Crippen LogP contribution in [0, 0.1) is 6.92 Å². The third kappa shape index (κ3) is 4.09. The van der Waals surface area contributed by atoms with Crippen molar-refractivity contribution in [3.05, 3.63) is 113 Å². The molecule has 0 saturated heterocycles. The average molecular weight is 512 g/mol. The van der Waals surface area contributed by atoms with Gasteiger partial charge < -0.3 is 0 Å². The van der Waals surface area contributed by atoms with E-state index in [1.807, 2.05) is 61.5 Å². The largest absolute Gasteiger partial charge is 0.433 e. The molecule has 0 fully saturated rings. The van der Waals surface area contributed by atoms with Crippen molar-refractivity contribution in [2.45, 2.75) is 19.6 Å². The second-order valence-electron chi connectivity index (χ2n) is 8.91. The maximum absolute atomic E-state index is 13.3. The van der Waals surface area contributed by atoms with Crippen LogP contribution in [0.15, 0.2) is 90.1 Å². The zero-order valence-electron chi connectivity index (χ0n) is 20.0. The third-order valence-electron chi connectivity index (χ3n) is 6.33. The molecular weight excluding hydrogens is 493 g/mol. The number of aromatic nitrogens is 6. The minimum atomic E-state index is -4.55. The predicted molar refractivity (Wildman–Crippen MR) is 136 cm³/mol. The Hall–Kier alpha value is -4.86. The molecule has 0 aliphatic heterocycles. The molecule has 0 atom stereocenters. The van der Waals surface area contributed by atoms with E-state index >= 15 is 0 Å². The summed E-state index contributed by atoms with van der Waals surface area (Å²) in [5.41, 5.74) is 4.14. The Labute approximate surface area is 213 Å². The van der Waals surface area contributed by atoms with Crippen LogP contribution in [0.4, 0.5) is 13.2 Å². The fourth-order valence-electron chi connectivity index (χ4n) is 4.44. The van der Waals surface area contributed by atoms with Crippen molar-refractivity contribution < 1.29 is 13.2 Å². The van der Waals surface area contributed by atoms with Crippen molar-refractivity contribution in [3.63, 3.8) is 0 Å². The smallest absolute Gasteiger partial charge is 0.256 e. The van der Waals surface area contributed by atoms with E-state index in [4.69, 9.17) is 0 Å². The van der Waals surface area contributed by atoms with Crippen LogP contribution in [-0.4, -0.2) is 29.4 Å². The average Bonchev–Trinajstić information content (AvgIpc) is 3.23. The van der Waals surface area contributed by atoms with Crippen LogP contribution in [0.3, 0.4) is 0 Å². The SMILES string of the molecule is Cc1ccc(-c2cnn3c(=O)n(Cc4ccc(C(F)(F)F)nc4)nc3c2-c2cccc3cccnc23)cc1.